The van der Waals surface area contributed by atoms with Crippen LogP contribution in [0.2, 0.25) is 5.02 Å². The summed E-state index contributed by atoms with van der Waals surface area (Å²) >= 11 is 5.87. The van der Waals surface area contributed by atoms with Gasteiger partial charge in [0.1, 0.15) is 12.1 Å². The summed E-state index contributed by atoms with van der Waals surface area (Å²) in [4.78, 5) is 41.6. The monoisotopic (exact) mass is 477 g/mol. The van der Waals surface area contributed by atoms with Gasteiger partial charge < -0.3 is 15.7 Å². The Kier molecular flexibility index (Phi) is 8.94. The van der Waals surface area contributed by atoms with Crippen LogP contribution in [0.1, 0.15) is 16.8 Å². The normalized spacial score (nSPS) is 12.6. The molecule has 1 heterocycles. The lowest BCUT2D eigenvalue weighted by Gasteiger charge is -2.21. The summed E-state index contributed by atoms with van der Waals surface area (Å²) in [5.74, 6) is -2.27. The van der Waals surface area contributed by atoms with Crippen LogP contribution < -0.4 is 10.6 Å². The summed E-state index contributed by atoms with van der Waals surface area (Å²) in [5, 5.41) is 15.4. The lowest BCUT2D eigenvalue weighted by Crippen LogP contribution is -2.52. The van der Waals surface area contributed by atoms with Crippen molar-refractivity contribution in [1.29, 1.82) is 0 Å². The number of rotatable bonds is 10. The summed E-state index contributed by atoms with van der Waals surface area (Å²) < 4.78 is 0. The van der Waals surface area contributed by atoms with Crippen molar-refractivity contribution in [2.45, 2.75) is 24.9 Å². The molecule has 2 amide bonds. The third-order valence-electron chi connectivity index (χ3n) is 4.97. The maximum Gasteiger partial charge on any atom is 0.326 e. The molecule has 0 fully saturated rings. The number of hydrogen-bond donors (Lipinski definition) is 3. The van der Waals surface area contributed by atoms with E-state index in [1.807, 2.05) is 6.07 Å². The van der Waals surface area contributed by atoms with E-state index in [4.69, 9.17) is 11.6 Å². The van der Waals surface area contributed by atoms with Gasteiger partial charge in [-0.3, -0.25) is 14.6 Å². The number of aliphatic carboxylic acids is 1. The van der Waals surface area contributed by atoms with Crippen LogP contribution in [0.15, 0.2) is 85.1 Å². The van der Waals surface area contributed by atoms with Crippen LogP contribution in [0.25, 0.3) is 6.08 Å². The van der Waals surface area contributed by atoms with E-state index in [0.29, 0.717) is 10.7 Å². The van der Waals surface area contributed by atoms with Gasteiger partial charge in [0.15, 0.2) is 0 Å². The number of nitrogens with one attached hydrogen (secondary N) is 2. The number of amides is 2. The zero-order valence-corrected chi connectivity index (χ0v) is 19.0. The highest BCUT2D eigenvalue weighted by atomic mass is 35.5. The SMILES string of the molecule is O=C(/C=C/c1ccc(Cl)cc1)N[C@@H](Cc1ccccn1)C(=O)NC(Cc1ccccc1)C(=O)O. The molecule has 8 heteroatoms. The van der Waals surface area contributed by atoms with Gasteiger partial charge in [-0.1, -0.05) is 60.1 Å². The number of benzene rings is 2. The fourth-order valence-electron chi connectivity index (χ4n) is 3.23. The number of hydrogen-bond acceptors (Lipinski definition) is 4. The van der Waals surface area contributed by atoms with Gasteiger partial charge in [0.25, 0.3) is 0 Å². The van der Waals surface area contributed by atoms with E-state index in [-0.39, 0.29) is 12.8 Å². The highest BCUT2D eigenvalue weighted by Crippen LogP contribution is 2.11. The maximum absolute atomic E-state index is 13.0. The topological polar surface area (TPSA) is 108 Å². The first kappa shape index (κ1) is 24.7. The van der Waals surface area contributed by atoms with Gasteiger partial charge in [-0.05, 0) is 41.5 Å². The van der Waals surface area contributed by atoms with Crippen molar-refractivity contribution in [3.8, 4) is 0 Å². The third-order valence-corrected chi connectivity index (χ3v) is 5.22. The van der Waals surface area contributed by atoms with E-state index in [1.165, 1.54) is 6.08 Å². The van der Waals surface area contributed by atoms with Gasteiger partial charge >= 0.3 is 5.97 Å². The van der Waals surface area contributed by atoms with Crippen molar-refractivity contribution in [2.24, 2.45) is 0 Å². The van der Waals surface area contributed by atoms with Crippen molar-refractivity contribution in [1.82, 2.24) is 15.6 Å². The predicted molar refractivity (Wildman–Crippen MR) is 130 cm³/mol. The second kappa shape index (κ2) is 12.3. The van der Waals surface area contributed by atoms with Crippen molar-refractivity contribution < 1.29 is 19.5 Å². The Balaban J connectivity index is 1.72. The minimum Gasteiger partial charge on any atom is -0.480 e. The van der Waals surface area contributed by atoms with Crippen molar-refractivity contribution in [3.05, 3.63) is 107 Å². The summed E-state index contributed by atoms with van der Waals surface area (Å²) in [7, 11) is 0. The highest BCUT2D eigenvalue weighted by molar-refractivity contribution is 6.30. The average Bonchev–Trinajstić information content (AvgIpc) is 2.84. The van der Waals surface area contributed by atoms with Crippen LogP contribution in [0.3, 0.4) is 0 Å². The van der Waals surface area contributed by atoms with Crippen molar-refractivity contribution >= 4 is 35.5 Å². The second-order valence-corrected chi connectivity index (χ2v) is 8.00. The van der Waals surface area contributed by atoms with E-state index >= 15 is 0 Å². The number of aromatic nitrogens is 1. The summed E-state index contributed by atoms with van der Waals surface area (Å²) in [5.41, 5.74) is 2.12. The molecule has 7 nitrogen and oxygen atoms in total. The van der Waals surface area contributed by atoms with Crippen molar-refractivity contribution in [3.63, 3.8) is 0 Å². The molecular formula is C26H24ClN3O4. The zero-order chi connectivity index (χ0) is 24.3. The molecule has 1 aromatic heterocycles. The number of carbonyl (C=O) groups excluding carboxylic acids is 2. The van der Waals surface area contributed by atoms with E-state index in [0.717, 1.165) is 11.1 Å². The Hall–Kier alpha value is -3.97. The molecule has 0 aliphatic carbocycles. The Morgan fingerprint density at radius 2 is 1.59 bits per heavy atom. The molecule has 2 atom stereocenters. The molecule has 2 aromatic carbocycles. The molecule has 174 valence electrons. The van der Waals surface area contributed by atoms with Crippen LogP contribution in [-0.2, 0) is 27.2 Å². The molecule has 3 aromatic rings. The molecule has 3 N–H and O–H groups in total. The Bertz CT molecular complexity index is 1140. The Morgan fingerprint density at radius 3 is 2.24 bits per heavy atom. The fraction of sp³-hybridized carbons (Fsp3) is 0.154. The lowest BCUT2D eigenvalue weighted by atomic mass is 10.0. The minimum absolute atomic E-state index is 0.102. The molecule has 34 heavy (non-hydrogen) atoms. The average molecular weight is 478 g/mol. The smallest absolute Gasteiger partial charge is 0.326 e. The van der Waals surface area contributed by atoms with Gasteiger partial charge in [0, 0.05) is 35.8 Å². The molecule has 0 saturated carbocycles. The van der Waals surface area contributed by atoms with Gasteiger partial charge in [0.2, 0.25) is 11.8 Å². The summed E-state index contributed by atoms with van der Waals surface area (Å²) in [6, 6.07) is 19.0. The van der Waals surface area contributed by atoms with Crippen LogP contribution >= 0.6 is 11.6 Å². The minimum atomic E-state index is -1.16. The number of halogens is 1. The fourth-order valence-corrected chi connectivity index (χ4v) is 3.35. The highest BCUT2D eigenvalue weighted by Gasteiger charge is 2.27. The first-order valence-electron chi connectivity index (χ1n) is 10.6. The molecule has 3 rings (SSSR count). The molecule has 1 unspecified atom stereocenters. The lowest BCUT2D eigenvalue weighted by molar-refractivity contribution is -0.142. The largest absolute Gasteiger partial charge is 0.480 e. The molecule has 0 aliphatic rings. The number of carboxylic acids is 1. The predicted octanol–water partition coefficient (Wildman–Crippen LogP) is 3.29. The van der Waals surface area contributed by atoms with E-state index in [9.17, 15) is 19.5 Å². The van der Waals surface area contributed by atoms with Gasteiger partial charge in [-0.15, -0.1) is 0 Å². The maximum atomic E-state index is 13.0. The van der Waals surface area contributed by atoms with Gasteiger partial charge in [0.05, 0.1) is 0 Å². The number of nitrogens with zero attached hydrogens (tertiary/aromatic N) is 1. The Labute approximate surface area is 202 Å². The van der Waals surface area contributed by atoms with Crippen LogP contribution in [0.5, 0.6) is 0 Å². The van der Waals surface area contributed by atoms with Crippen LogP contribution in [0.4, 0.5) is 0 Å². The van der Waals surface area contributed by atoms with E-state index in [1.54, 1.807) is 79.0 Å². The van der Waals surface area contributed by atoms with E-state index < -0.39 is 29.9 Å². The van der Waals surface area contributed by atoms with E-state index in [2.05, 4.69) is 15.6 Å². The number of carboxylic acid groups (broad SMARTS) is 1. The quantitative estimate of drug-likeness (QED) is 0.388. The molecular weight excluding hydrogens is 454 g/mol. The molecule has 0 saturated heterocycles. The molecule has 0 spiro atoms. The van der Waals surface area contributed by atoms with Crippen molar-refractivity contribution in [2.75, 3.05) is 0 Å². The van der Waals surface area contributed by atoms with Gasteiger partial charge in [-0.25, -0.2) is 4.79 Å². The molecule has 0 bridgehead atoms. The van der Waals surface area contributed by atoms with Gasteiger partial charge in [-0.2, -0.15) is 0 Å². The standard InChI is InChI=1S/C26H24ClN3O4/c27-20-12-9-18(10-13-20)11-14-24(31)29-22(17-21-8-4-5-15-28-21)25(32)30-23(26(33)34)16-19-6-2-1-3-7-19/h1-15,22-23H,16-17H2,(H,29,31)(H,30,32)(H,33,34)/b14-11+/t22-,23?/m0/s1. The first-order valence-corrected chi connectivity index (χ1v) is 11.0. The number of carbonyl (C=O) groups is 3. The van der Waals surface area contributed by atoms with Crippen LogP contribution in [0, 0.1) is 0 Å². The third kappa shape index (κ3) is 7.86. The molecule has 0 radical (unpaired) electrons. The summed E-state index contributed by atoms with van der Waals surface area (Å²) in [6.07, 6.45) is 4.70. The molecule has 0 aliphatic heterocycles. The second-order valence-electron chi connectivity index (χ2n) is 7.56. The zero-order valence-electron chi connectivity index (χ0n) is 18.2. The first-order chi connectivity index (χ1) is 16.4. The summed E-state index contributed by atoms with van der Waals surface area (Å²) in [6.45, 7) is 0. The Morgan fingerprint density at radius 1 is 0.882 bits per heavy atom. The number of pyridine rings is 1. The van der Waals surface area contributed by atoms with Crippen LogP contribution in [-0.4, -0.2) is 40.0 Å².